The Morgan fingerprint density at radius 3 is 3.12 bits per heavy atom. The van der Waals surface area contributed by atoms with Crippen LogP contribution in [0.5, 0.6) is 0 Å². The minimum atomic E-state index is -0.0404. The quantitative estimate of drug-likeness (QED) is 0.611. The first-order valence-electron chi connectivity index (χ1n) is 5.80. The first kappa shape index (κ1) is 11.4. The fourth-order valence-electron chi connectivity index (χ4n) is 2.84. The van der Waals surface area contributed by atoms with Crippen LogP contribution in [0.1, 0.15) is 6.92 Å². The maximum Gasteiger partial charge on any atom is 0.235 e. The third-order valence-corrected chi connectivity index (χ3v) is 3.77. The van der Waals surface area contributed by atoms with Crippen molar-refractivity contribution in [3.8, 4) is 6.07 Å². The highest BCUT2D eigenvalue weighted by molar-refractivity contribution is 5.78. The molecule has 1 amide bonds. The standard InChI is InChI=1S/C11H18N4O/c1-8-10-5-13-4-9(10)6-15(8)7-11(16)14-3-2-12/h8-10,13H,3-7H2,1H3,(H,14,16). The zero-order valence-corrected chi connectivity index (χ0v) is 9.57. The second-order valence-corrected chi connectivity index (χ2v) is 4.69. The number of nitrogens with one attached hydrogen (secondary N) is 2. The fraction of sp³-hybridized carbons (Fsp3) is 0.818. The summed E-state index contributed by atoms with van der Waals surface area (Å²) >= 11 is 0. The van der Waals surface area contributed by atoms with Gasteiger partial charge in [0.2, 0.25) is 5.91 Å². The van der Waals surface area contributed by atoms with E-state index in [9.17, 15) is 4.79 Å². The molecule has 0 radical (unpaired) electrons. The average Bonchev–Trinajstić information content (AvgIpc) is 2.81. The van der Waals surface area contributed by atoms with Gasteiger partial charge in [-0.2, -0.15) is 5.26 Å². The van der Waals surface area contributed by atoms with Crippen molar-refractivity contribution in [1.82, 2.24) is 15.5 Å². The van der Waals surface area contributed by atoms with Crippen molar-refractivity contribution < 1.29 is 4.79 Å². The van der Waals surface area contributed by atoms with Gasteiger partial charge >= 0.3 is 0 Å². The van der Waals surface area contributed by atoms with Crippen LogP contribution in [0.15, 0.2) is 0 Å². The molecule has 5 heteroatoms. The van der Waals surface area contributed by atoms with Crippen molar-refractivity contribution >= 4 is 5.91 Å². The number of nitrogens with zero attached hydrogens (tertiary/aromatic N) is 2. The number of likely N-dealkylation sites (tertiary alicyclic amines) is 1. The molecule has 3 atom stereocenters. The summed E-state index contributed by atoms with van der Waals surface area (Å²) in [5.74, 6) is 1.34. The number of carbonyl (C=O) groups is 1. The first-order valence-corrected chi connectivity index (χ1v) is 5.80. The largest absolute Gasteiger partial charge is 0.342 e. The van der Waals surface area contributed by atoms with Gasteiger partial charge in [-0.1, -0.05) is 0 Å². The molecule has 2 saturated heterocycles. The summed E-state index contributed by atoms with van der Waals surface area (Å²) in [4.78, 5) is 13.7. The number of rotatable bonds is 3. The number of hydrogen-bond donors (Lipinski definition) is 2. The molecule has 2 aliphatic rings. The van der Waals surface area contributed by atoms with Gasteiger partial charge in [-0.25, -0.2) is 0 Å². The molecule has 0 aromatic carbocycles. The molecule has 2 fully saturated rings. The van der Waals surface area contributed by atoms with Crippen molar-refractivity contribution in [2.45, 2.75) is 13.0 Å². The summed E-state index contributed by atoms with van der Waals surface area (Å²) in [5.41, 5.74) is 0. The summed E-state index contributed by atoms with van der Waals surface area (Å²) in [6.45, 7) is 5.87. The van der Waals surface area contributed by atoms with Crippen LogP contribution in [-0.2, 0) is 4.79 Å². The molecule has 5 nitrogen and oxygen atoms in total. The summed E-state index contributed by atoms with van der Waals surface area (Å²) in [6.07, 6.45) is 0. The molecule has 2 N–H and O–H groups in total. The summed E-state index contributed by atoms with van der Waals surface area (Å²) < 4.78 is 0. The van der Waals surface area contributed by atoms with Crippen LogP contribution in [0.2, 0.25) is 0 Å². The van der Waals surface area contributed by atoms with E-state index in [1.54, 1.807) is 0 Å². The number of amides is 1. The minimum Gasteiger partial charge on any atom is -0.342 e. The monoisotopic (exact) mass is 222 g/mol. The Hall–Kier alpha value is -1.12. The molecular formula is C11H18N4O. The van der Waals surface area contributed by atoms with Gasteiger partial charge in [0.05, 0.1) is 12.6 Å². The van der Waals surface area contributed by atoms with E-state index < -0.39 is 0 Å². The normalized spacial score (nSPS) is 33.4. The van der Waals surface area contributed by atoms with Crippen molar-refractivity contribution in [3.05, 3.63) is 0 Å². The zero-order valence-electron chi connectivity index (χ0n) is 9.57. The topological polar surface area (TPSA) is 68.2 Å². The number of fused-ring (bicyclic) bond motifs is 1. The Bertz CT molecular complexity index is 312. The molecule has 16 heavy (non-hydrogen) atoms. The van der Waals surface area contributed by atoms with Crippen molar-refractivity contribution in [3.63, 3.8) is 0 Å². The van der Waals surface area contributed by atoms with Gasteiger partial charge in [-0.3, -0.25) is 9.69 Å². The highest BCUT2D eigenvalue weighted by atomic mass is 16.2. The Morgan fingerprint density at radius 1 is 1.62 bits per heavy atom. The SMILES string of the molecule is CC1C2CNCC2CN1CC(=O)NCC#N. The molecule has 2 heterocycles. The second kappa shape index (κ2) is 4.81. The van der Waals surface area contributed by atoms with Crippen molar-refractivity contribution in [1.29, 1.82) is 5.26 Å². The molecule has 2 rings (SSSR count). The molecule has 0 spiro atoms. The molecule has 0 aliphatic carbocycles. The third-order valence-electron chi connectivity index (χ3n) is 3.77. The van der Waals surface area contributed by atoms with E-state index >= 15 is 0 Å². The lowest BCUT2D eigenvalue weighted by molar-refractivity contribution is -0.122. The highest BCUT2D eigenvalue weighted by Crippen LogP contribution is 2.31. The van der Waals surface area contributed by atoms with Crippen LogP contribution in [0.25, 0.3) is 0 Å². The number of hydrogen-bond acceptors (Lipinski definition) is 4. The summed E-state index contributed by atoms with van der Waals surface area (Å²) in [6, 6.07) is 2.38. The number of carbonyl (C=O) groups excluding carboxylic acids is 1. The van der Waals surface area contributed by atoms with Crippen molar-refractivity contribution in [2.75, 3.05) is 32.7 Å². The van der Waals surface area contributed by atoms with E-state index in [-0.39, 0.29) is 12.5 Å². The number of nitriles is 1. The van der Waals surface area contributed by atoms with E-state index in [0.29, 0.717) is 24.4 Å². The lowest BCUT2D eigenvalue weighted by Crippen LogP contribution is -2.41. The smallest absolute Gasteiger partial charge is 0.235 e. The Morgan fingerprint density at radius 2 is 2.44 bits per heavy atom. The second-order valence-electron chi connectivity index (χ2n) is 4.69. The third kappa shape index (κ3) is 2.18. The maximum atomic E-state index is 11.5. The highest BCUT2D eigenvalue weighted by Gasteiger charge is 2.41. The van der Waals surface area contributed by atoms with Crippen LogP contribution in [0, 0.1) is 23.2 Å². The van der Waals surface area contributed by atoms with Gasteiger partial charge in [0, 0.05) is 12.6 Å². The van der Waals surface area contributed by atoms with Crippen LogP contribution >= 0.6 is 0 Å². The summed E-state index contributed by atoms with van der Waals surface area (Å²) in [5, 5.41) is 14.4. The minimum absolute atomic E-state index is 0.0404. The Labute approximate surface area is 95.8 Å². The lowest BCUT2D eigenvalue weighted by atomic mass is 9.95. The van der Waals surface area contributed by atoms with Crippen LogP contribution in [0.3, 0.4) is 0 Å². The maximum absolute atomic E-state index is 11.5. The predicted octanol–water partition coefficient (Wildman–Crippen LogP) is -0.834. The van der Waals surface area contributed by atoms with E-state index in [4.69, 9.17) is 5.26 Å². The van der Waals surface area contributed by atoms with E-state index in [1.165, 1.54) is 0 Å². The van der Waals surface area contributed by atoms with Gasteiger partial charge in [-0.15, -0.1) is 0 Å². The average molecular weight is 222 g/mol. The van der Waals surface area contributed by atoms with Crippen molar-refractivity contribution in [2.24, 2.45) is 11.8 Å². The van der Waals surface area contributed by atoms with Crippen LogP contribution < -0.4 is 10.6 Å². The molecule has 0 bridgehead atoms. The fourth-order valence-corrected chi connectivity index (χ4v) is 2.84. The van der Waals surface area contributed by atoms with Gasteiger partial charge < -0.3 is 10.6 Å². The molecule has 0 aromatic rings. The van der Waals surface area contributed by atoms with E-state index in [1.807, 2.05) is 6.07 Å². The van der Waals surface area contributed by atoms with Gasteiger partial charge in [-0.05, 0) is 31.8 Å². The Balaban J connectivity index is 1.83. The zero-order chi connectivity index (χ0) is 11.5. The Kier molecular flexibility index (Phi) is 3.42. The molecule has 2 aliphatic heterocycles. The predicted molar refractivity (Wildman–Crippen MR) is 59.5 cm³/mol. The molecule has 3 unspecified atom stereocenters. The molecule has 0 aromatic heterocycles. The van der Waals surface area contributed by atoms with Crippen LogP contribution in [-0.4, -0.2) is 49.6 Å². The van der Waals surface area contributed by atoms with Gasteiger partial charge in [0.15, 0.2) is 0 Å². The first-order chi connectivity index (χ1) is 7.72. The molecule has 0 saturated carbocycles. The molecular weight excluding hydrogens is 204 g/mol. The van der Waals surface area contributed by atoms with E-state index in [0.717, 1.165) is 19.6 Å². The van der Waals surface area contributed by atoms with Gasteiger partial charge in [0.25, 0.3) is 0 Å². The summed E-state index contributed by atoms with van der Waals surface area (Å²) in [7, 11) is 0. The van der Waals surface area contributed by atoms with Crippen LogP contribution in [0.4, 0.5) is 0 Å². The van der Waals surface area contributed by atoms with Gasteiger partial charge in [0.1, 0.15) is 6.54 Å². The van der Waals surface area contributed by atoms with E-state index in [2.05, 4.69) is 22.5 Å². The lowest BCUT2D eigenvalue weighted by Gasteiger charge is -2.23. The molecule has 88 valence electrons.